The molecule has 7 heteroatoms. The van der Waals surface area contributed by atoms with Crippen molar-refractivity contribution in [2.24, 2.45) is 0 Å². The number of rotatable bonds is 3. The van der Waals surface area contributed by atoms with Crippen molar-refractivity contribution < 1.29 is 17.9 Å². The van der Waals surface area contributed by atoms with Crippen molar-refractivity contribution in [1.29, 1.82) is 0 Å². The van der Waals surface area contributed by atoms with Gasteiger partial charge in [0.05, 0.1) is 23.2 Å². The Balaban J connectivity index is 1.43. The van der Waals surface area contributed by atoms with Gasteiger partial charge >= 0.3 is 0 Å². The molecular weight excluding hydrogens is 376 g/mol. The van der Waals surface area contributed by atoms with Gasteiger partial charge < -0.3 is 10.1 Å². The van der Waals surface area contributed by atoms with Gasteiger partial charge in [0.15, 0.2) is 0 Å². The van der Waals surface area contributed by atoms with Crippen molar-refractivity contribution in [2.75, 3.05) is 17.5 Å². The zero-order valence-electron chi connectivity index (χ0n) is 15.0. The number of hydrogen-bond acceptors (Lipinski definition) is 4. The lowest BCUT2D eigenvalue weighted by molar-refractivity contribution is -0.120. The third-order valence-electron chi connectivity index (χ3n) is 5.26. The van der Waals surface area contributed by atoms with Crippen LogP contribution in [-0.4, -0.2) is 27.5 Å². The van der Waals surface area contributed by atoms with Gasteiger partial charge in [-0.25, -0.2) is 8.42 Å². The molecule has 6 nitrogen and oxygen atoms in total. The van der Waals surface area contributed by atoms with Gasteiger partial charge in [-0.15, -0.1) is 0 Å². The average Bonchev–Trinajstić information content (AvgIpc) is 2.92. The van der Waals surface area contributed by atoms with Crippen LogP contribution in [0.1, 0.15) is 18.0 Å². The molecule has 0 saturated heterocycles. The minimum atomic E-state index is -3.75. The maximum atomic E-state index is 13.0. The maximum Gasteiger partial charge on any atom is 0.265 e. The number of carbonyl (C=O) groups excluding carboxylic acids is 1. The lowest BCUT2D eigenvalue weighted by atomic mass is 10.0. The second kappa shape index (κ2) is 6.24. The monoisotopic (exact) mass is 394 g/mol. The molecule has 28 heavy (non-hydrogen) atoms. The Hall–Kier alpha value is -3.06. The fraction of sp³-hybridized carbons (Fsp3) is 0.190. The summed E-state index contributed by atoms with van der Waals surface area (Å²) in [5.74, 6) is 0.417. The van der Waals surface area contributed by atoms with Gasteiger partial charge in [-0.1, -0.05) is 42.5 Å². The highest BCUT2D eigenvalue weighted by molar-refractivity contribution is 7.93. The molecule has 3 aromatic rings. The van der Waals surface area contributed by atoms with Crippen LogP contribution in [0, 0.1) is 0 Å². The number of nitrogens with zero attached hydrogens (tertiary/aromatic N) is 1. The van der Waals surface area contributed by atoms with E-state index in [1.54, 1.807) is 18.2 Å². The largest absolute Gasteiger partial charge is 0.493 e. The standard InChI is InChI=1S/C21H18N2O4S/c24-20(22-16-11-12-27-18-9-2-1-7-15(16)18)13-23-17-8-3-5-14-6-4-10-19(21(14)17)28(23,25)26/h1-10,16H,11-13H2,(H,22,24). The van der Waals surface area contributed by atoms with Crippen molar-refractivity contribution in [3.63, 3.8) is 0 Å². The van der Waals surface area contributed by atoms with Gasteiger partial charge in [0.2, 0.25) is 5.91 Å². The Kier molecular flexibility index (Phi) is 3.80. The van der Waals surface area contributed by atoms with E-state index in [9.17, 15) is 13.2 Å². The first kappa shape index (κ1) is 17.1. The maximum absolute atomic E-state index is 13.0. The van der Waals surface area contributed by atoms with Crippen LogP contribution < -0.4 is 14.4 Å². The summed E-state index contributed by atoms with van der Waals surface area (Å²) in [5, 5.41) is 4.50. The first-order valence-electron chi connectivity index (χ1n) is 9.11. The number of amides is 1. The number of nitrogens with one attached hydrogen (secondary N) is 1. The number of hydrogen-bond donors (Lipinski definition) is 1. The zero-order valence-corrected chi connectivity index (χ0v) is 15.8. The molecule has 2 heterocycles. The Bertz CT molecular complexity index is 1200. The average molecular weight is 394 g/mol. The predicted molar refractivity (Wildman–Crippen MR) is 106 cm³/mol. The SMILES string of the molecule is O=C(CN1c2cccc3cccc(c23)S1(=O)=O)NC1CCOc2ccccc21. The van der Waals surface area contributed by atoms with E-state index < -0.39 is 10.0 Å². The highest BCUT2D eigenvalue weighted by Crippen LogP contribution is 2.41. The molecule has 0 saturated carbocycles. The quantitative estimate of drug-likeness (QED) is 0.741. The lowest BCUT2D eigenvalue weighted by Gasteiger charge is -2.27. The second-order valence-electron chi connectivity index (χ2n) is 6.94. The summed E-state index contributed by atoms with van der Waals surface area (Å²) in [6, 6.07) is 18.0. The molecule has 3 aromatic carbocycles. The van der Waals surface area contributed by atoms with E-state index in [0.717, 1.165) is 16.7 Å². The van der Waals surface area contributed by atoms with Gasteiger partial charge in [0.25, 0.3) is 10.0 Å². The van der Waals surface area contributed by atoms with Crippen LogP contribution in [-0.2, 0) is 14.8 Å². The predicted octanol–water partition coefficient (Wildman–Crippen LogP) is 2.99. The normalized spacial score (nSPS) is 19.1. The highest BCUT2D eigenvalue weighted by Gasteiger charge is 2.37. The summed E-state index contributed by atoms with van der Waals surface area (Å²) >= 11 is 0. The van der Waals surface area contributed by atoms with Crippen LogP contribution in [0.2, 0.25) is 0 Å². The molecule has 0 aliphatic carbocycles. The molecule has 0 radical (unpaired) electrons. The summed E-state index contributed by atoms with van der Waals surface area (Å²) in [5.41, 5.74) is 1.47. The molecule has 0 aromatic heterocycles. The number of ether oxygens (including phenoxy) is 1. The number of benzene rings is 3. The molecule has 5 rings (SSSR count). The fourth-order valence-electron chi connectivity index (χ4n) is 3.99. The van der Waals surface area contributed by atoms with Crippen molar-refractivity contribution >= 4 is 32.4 Å². The smallest absolute Gasteiger partial charge is 0.265 e. The molecule has 0 bridgehead atoms. The van der Waals surface area contributed by atoms with Gasteiger partial charge in [-0.2, -0.15) is 0 Å². The van der Waals surface area contributed by atoms with E-state index in [0.29, 0.717) is 24.1 Å². The van der Waals surface area contributed by atoms with Gasteiger partial charge in [-0.05, 0) is 23.6 Å². The first-order chi connectivity index (χ1) is 13.6. The zero-order chi connectivity index (χ0) is 19.3. The number of para-hydroxylation sites is 1. The second-order valence-corrected chi connectivity index (χ2v) is 8.77. The van der Waals surface area contributed by atoms with E-state index in [2.05, 4.69) is 5.32 Å². The molecule has 1 N–H and O–H groups in total. The van der Waals surface area contributed by atoms with Crippen LogP contribution in [0.15, 0.2) is 65.6 Å². The van der Waals surface area contributed by atoms with Crippen LogP contribution in [0.25, 0.3) is 10.8 Å². The molecule has 1 unspecified atom stereocenters. The summed E-state index contributed by atoms with van der Waals surface area (Å²) < 4.78 is 32.9. The number of anilines is 1. The van der Waals surface area contributed by atoms with Crippen molar-refractivity contribution in [3.8, 4) is 5.75 Å². The van der Waals surface area contributed by atoms with E-state index in [1.807, 2.05) is 42.5 Å². The first-order valence-corrected chi connectivity index (χ1v) is 10.6. The van der Waals surface area contributed by atoms with Crippen LogP contribution >= 0.6 is 0 Å². The Labute approximate surface area is 162 Å². The van der Waals surface area contributed by atoms with Crippen LogP contribution in [0.4, 0.5) is 5.69 Å². The molecule has 0 fully saturated rings. The lowest BCUT2D eigenvalue weighted by Crippen LogP contribution is -2.41. The molecule has 0 spiro atoms. The number of fused-ring (bicyclic) bond motifs is 1. The topological polar surface area (TPSA) is 75.7 Å². The highest BCUT2D eigenvalue weighted by atomic mass is 32.2. The van der Waals surface area contributed by atoms with E-state index in [4.69, 9.17) is 4.74 Å². The molecule has 142 valence electrons. The summed E-state index contributed by atoms with van der Waals surface area (Å²) in [4.78, 5) is 13.0. The third-order valence-corrected chi connectivity index (χ3v) is 7.06. The van der Waals surface area contributed by atoms with E-state index in [-0.39, 0.29) is 23.4 Å². The van der Waals surface area contributed by atoms with Crippen molar-refractivity contribution in [3.05, 3.63) is 66.2 Å². The van der Waals surface area contributed by atoms with Gasteiger partial charge in [0.1, 0.15) is 12.3 Å². The van der Waals surface area contributed by atoms with Crippen molar-refractivity contribution in [1.82, 2.24) is 5.32 Å². The summed E-state index contributed by atoms with van der Waals surface area (Å²) in [6.07, 6.45) is 0.644. The Morgan fingerprint density at radius 2 is 1.86 bits per heavy atom. The van der Waals surface area contributed by atoms with Gasteiger partial charge in [-0.3, -0.25) is 9.10 Å². The fourth-order valence-corrected chi connectivity index (χ4v) is 5.66. The van der Waals surface area contributed by atoms with Crippen LogP contribution in [0.3, 0.4) is 0 Å². The Morgan fingerprint density at radius 1 is 1.07 bits per heavy atom. The molecule has 1 atom stereocenters. The molecule has 2 aliphatic heterocycles. The van der Waals surface area contributed by atoms with Crippen LogP contribution in [0.5, 0.6) is 5.75 Å². The molecule has 1 amide bonds. The minimum absolute atomic E-state index is 0.194. The summed E-state index contributed by atoms with van der Waals surface area (Å²) in [7, 11) is -3.75. The molecule has 2 aliphatic rings. The number of sulfonamides is 1. The minimum Gasteiger partial charge on any atom is -0.493 e. The third kappa shape index (κ3) is 2.54. The van der Waals surface area contributed by atoms with Gasteiger partial charge in [0, 0.05) is 17.4 Å². The van der Waals surface area contributed by atoms with E-state index in [1.165, 1.54) is 4.31 Å². The number of carbonyl (C=O) groups is 1. The van der Waals surface area contributed by atoms with Crippen molar-refractivity contribution in [2.45, 2.75) is 17.4 Å². The Morgan fingerprint density at radius 3 is 2.71 bits per heavy atom. The molecular formula is C21H18N2O4S. The van der Waals surface area contributed by atoms with E-state index >= 15 is 0 Å². The summed E-state index contributed by atoms with van der Waals surface area (Å²) in [6.45, 7) is 0.254.